The van der Waals surface area contributed by atoms with Gasteiger partial charge in [0.15, 0.2) is 0 Å². The summed E-state index contributed by atoms with van der Waals surface area (Å²) in [6.07, 6.45) is 0. The molecule has 0 saturated carbocycles. The lowest BCUT2D eigenvalue weighted by Crippen LogP contribution is -2.36. The first-order chi connectivity index (χ1) is 8.56. The molecule has 0 aromatic heterocycles. The molecule has 1 rings (SSSR count). The van der Waals surface area contributed by atoms with Gasteiger partial charge >= 0.3 is 0 Å². The van der Waals surface area contributed by atoms with E-state index in [2.05, 4.69) is 26.6 Å². The molecule has 0 spiro atoms. The van der Waals surface area contributed by atoms with E-state index in [1.807, 2.05) is 6.07 Å². The second-order valence-corrected chi connectivity index (χ2v) is 4.19. The largest absolute Gasteiger partial charge is 0.346 e. The molecule has 6 nitrogen and oxygen atoms in total. The van der Waals surface area contributed by atoms with Crippen LogP contribution in [0.3, 0.4) is 0 Å². The first-order valence-electron chi connectivity index (χ1n) is 5.03. The molecular formula is C11H11BrN4O2. The van der Waals surface area contributed by atoms with E-state index in [9.17, 15) is 9.59 Å². The summed E-state index contributed by atoms with van der Waals surface area (Å²) in [5.41, 5.74) is 6.10. The Hall–Kier alpha value is -1.91. The normalized spacial score (nSPS) is 9.39. The number of nitrogens with zero attached hydrogens (tertiary/aromatic N) is 1. The van der Waals surface area contributed by atoms with Gasteiger partial charge in [-0.2, -0.15) is 5.26 Å². The summed E-state index contributed by atoms with van der Waals surface area (Å²) in [5.74, 6) is -0.772. The van der Waals surface area contributed by atoms with Crippen LogP contribution in [0.2, 0.25) is 0 Å². The lowest BCUT2D eigenvalue weighted by molar-refractivity contribution is -0.123. The van der Waals surface area contributed by atoms with Gasteiger partial charge in [-0.3, -0.25) is 9.59 Å². The highest BCUT2D eigenvalue weighted by Gasteiger charge is 2.07. The van der Waals surface area contributed by atoms with Crippen LogP contribution >= 0.6 is 15.9 Å². The molecule has 0 unspecified atom stereocenters. The van der Waals surface area contributed by atoms with Gasteiger partial charge in [-0.25, -0.2) is 0 Å². The zero-order valence-electron chi connectivity index (χ0n) is 9.37. The molecule has 18 heavy (non-hydrogen) atoms. The number of nitrogens with two attached hydrogens (primary N) is 1. The number of carbonyl (C=O) groups excluding carboxylic acids is 2. The maximum absolute atomic E-state index is 11.5. The lowest BCUT2D eigenvalue weighted by atomic mass is 10.2. The Labute approximate surface area is 112 Å². The number of amides is 2. The van der Waals surface area contributed by atoms with Crippen LogP contribution in [0.5, 0.6) is 0 Å². The summed E-state index contributed by atoms with van der Waals surface area (Å²) in [5, 5.41) is 13.6. The van der Waals surface area contributed by atoms with Crippen LogP contribution in [0.1, 0.15) is 5.56 Å². The van der Waals surface area contributed by atoms with Crippen LogP contribution in [-0.4, -0.2) is 24.9 Å². The second-order valence-electron chi connectivity index (χ2n) is 3.34. The highest BCUT2D eigenvalue weighted by atomic mass is 79.9. The maximum atomic E-state index is 11.5. The summed E-state index contributed by atoms with van der Waals surface area (Å²) < 4.78 is 0.597. The Kier molecular flexibility index (Phi) is 5.30. The van der Waals surface area contributed by atoms with Crippen LogP contribution in [0, 0.1) is 11.3 Å². The van der Waals surface area contributed by atoms with Gasteiger partial charge in [-0.15, -0.1) is 0 Å². The molecule has 7 heteroatoms. The molecule has 4 N–H and O–H groups in total. The van der Waals surface area contributed by atoms with Crippen molar-refractivity contribution in [1.82, 2.24) is 5.32 Å². The highest BCUT2D eigenvalue weighted by molar-refractivity contribution is 9.10. The molecule has 0 radical (unpaired) electrons. The van der Waals surface area contributed by atoms with Crippen LogP contribution < -0.4 is 16.4 Å². The van der Waals surface area contributed by atoms with Gasteiger partial charge in [0, 0.05) is 4.47 Å². The average molecular weight is 311 g/mol. The van der Waals surface area contributed by atoms with Gasteiger partial charge in [0.1, 0.15) is 0 Å². The van der Waals surface area contributed by atoms with Crippen LogP contribution in [0.15, 0.2) is 22.7 Å². The molecule has 0 aliphatic carbocycles. The van der Waals surface area contributed by atoms with Crippen LogP contribution in [-0.2, 0) is 9.59 Å². The highest BCUT2D eigenvalue weighted by Crippen LogP contribution is 2.23. The minimum Gasteiger partial charge on any atom is -0.346 e. The number of anilines is 1. The monoisotopic (exact) mass is 310 g/mol. The van der Waals surface area contributed by atoms with Crippen LogP contribution in [0.4, 0.5) is 5.69 Å². The predicted octanol–water partition coefficient (Wildman–Crippen LogP) is 0.334. The third-order valence-electron chi connectivity index (χ3n) is 2.00. The van der Waals surface area contributed by atoms with E-state index in [0.29, 0.717) is 15.7 Å². The minimum absolute atomic E-state index is 0.150. The van der Waals surface area contributed by atoms with Crippen molar-refractivity contribution < 1.29 is 9.59 Å². The molecule has 0 bridgehead atoms. The standard InChI is InChI=1S/C11H11BrN4O2/c12-8-3-7(4-13)1-2-9(8)16-11(18)6-15-10(17)5-14/h1-3H,5-6,14H2,(H,15,17)(H,16,18). The Balaban J connectivity index is 2.60. The molecule has 94 valence electrons. The fourth-order valence-corrected chi connectivity index (χ4v) is 1.61. The van der Waals surface area contributed by atoms with Crippen molar-refractivity contribution in [2.75, 3.05) is 18.4 Å². The summed E-state index contributed by atoms with van der Waals surface area (Å²) in [6.45, 7) is -0.309. The van der Waals surface area contributed by atoms with Crippen molar-refractivity contribution in [2.45, 2.75) is 0 Å². The number of nitriles is 1. The molecule has 1 aromatic carbocycles. The van der Waals surface area contributed by atoms with E-state index in [1.54, 1.807) is 18.2 Å². The molecule has 2 amide bonds. The zero-order chi connectivity index (χ0) is 13.5. The molecule has 0 aliphatic rings. The van der Waals surface area contributed by atoms with E-state index in [1.165, 1.54) is 0 Å². The van der Waals surface area contributed by atoms with Gasteiger partial charge in [0.05, 0.1) is 30.4 Å². The number of benzene rings is 1. The van der Waals surface area contributed by atoms with Gasteiger partial charge in [-0.05, 0) is 34.1 Å². The fourth-order valence-electron chi connectivity index (χ4n) is 1.13. The molecule has 0 saturated heterocycles. The Morgan fingerprint density at radius 2 is 2.11 bits per heavy atom. The van der Waals surface area contributed by atoms with Crippen molar-refractivity contribution in [3.8, 4) is 6.07 Å². The van der Waals surface area contributed by atoms with Gasteiger partial charge in [0.2, 0.25) is 11.8 Å². The minimum atomic E-state index is -0.399. The van der Waals surface area contributed by atoms with Crippen molar-refractivity contribution in [2.24, 2.45) is 5.73 Å². The molecule has 0 atom stereocenters. The summed E-state index contributed by atoms with van der Waals surface area (Å²) in [7, 11) is 0. The molecule has 0 aliphatic heterocycles. The van der Waals surface area contributed by atoms with Crippen molar-refractivity contribution in [3.05, 3.63) is 28.2 Å². The van der Waals surface area contributed by atoms with E-state index < -0.39 is 5.91 Å². The topological polar surface area (TPSA) is 108 Å². The third-order valence-corrected chi connectivity index (χ3v) is 2.66. The van der Waals surface area contributed by atoms with Crippen molar-refractivity contribution in [3.63, 3.8) is 0 Å². The predicted molar refractivity (Wildman–Crippen MR) is 69.6 cm³/mol. The number of halogens is 1. The van der Waals surface area contributed by atoms with Crippen molar-refractivity contribution in [1.29, 1.82) is 5.26 Å². The average Bonchev–Trinajstić information content (AvgIpc) is 2.38. The smallest absolute Gasteiger partial charge is 0.243 e. The SMILES string of the molecule is N#Cc1ccc(NC(=O)CNC(=O)CN)c(Br)c1. The van der Waals surface area contributed by atoms with Gasteiger partial charge < -0.3 is 16.4 Å². The van der Waals surface area contributed by atoms with E-state index in [0.717, 1.165) is 0 Å². The van der Waals surface area contributed by atoms with Crippen molar-refractivity contribution >= 4 is 33.4 Å². The summed E-state index contributed by atoms with van der Waals surface area (Å²) >= 11 is 3.24. The quantitative estimate of drug-likeness (QED) is 0.745. The first-order valence-corrected chi connectivity index (χ1v) is 5.82. The summed E-state index contributed by atoms with van der Waals surface area (Å²) in [6, 6.07) is 6.76. The number of carbonyl (C=O) groups is 2. The number of rotatable bonds is 4. The third kappa shape index (κ3) is 4.16. The van der Waals surface area contributed by atoms with Crippen LogP contribution in [0.25, 0.3) is 0 Å². The maximum Gasteiger partial charge on any atom is 0.243 e. The molecular weight excluding hydrogens is 300 g/mol. The number of hydrogen-bond donors (Lipinski definition) is 3. The van der Waals surface area contributed by atoms with E-state index >= 15 is 0 Å². The second kappa shape index (κ2) is 6.74. The Bertz CT molecular complexity index is 510. The van der Waals surface area contributed by atoms with Gasteiger partial charge in [-0.1, -0.05) is 0 Å². The van der Waals surface area contributed by atoms with E-state index in [4.69, 9.17) is 11.0 Å². The Morgan fingerprint density at radius 3 is 2.67 bits per heavy atom. The van der Waals surface area contributed by atoms with Gasteiger partial charge in [0.25, 0.3) is 0 Å². The summed E-state index contributed by atoms with van der Waals surface area (Å²) in [4.78, 5) is 22.3. The fraction of sp³-hybridized carbons (Fsp3) is 0.182. The lowest BCUT2D eigenvalue weighted by Gasteiger charge is -2.08. The van der Waals surface area contributed by atoms with E-state index in [-0.39, 0.29) is 19.0 Å². The molecule has 0 fully saturated rings. The Morgan fingerprint density at radius 1 is 1.39 bits per heavy atom. The number of hydrogen-bond acceptors (Lipinski definition) is 4. The first kappa shape index (κ1) is 14.2. The molecule has 0 heterocycles. The number of nitrogens with one attached hydrogen (secondary N) is 2. The zero-order valence-corrected chi connectivity index (χ0v) is 11.0. The molecule has 1 aromatic rings.